The first kappa shape index (κ1) is 29.4. The van der Waals surface area contributed by atoms with Gasteiger partial charge in [0, 0.05) is 19.2 Å². The molecule has 3 rings (SSSR count). The Kier molecular flexibility index (Phi) is 9.00. The van der Waals surface area contributed by atoms with E-state index in [1.165, 1.54) is 25.2 Å². The van der Waals surface area contributed by atoms with E-state index >= 15 is 0 Å². The van der Waals surface area contributed by atoms with Crippen LogP contribution in [-0.4, -0.2) is 38.9 Å². The third-order valence-electron chi connectivity index (χ3n) is 5.43. The van der Waals surface area contributed by atoms with Crippen LogP contribution in [0.5, 0.6) is 0 Å². The van der Waals surface area contributed by atoms with Crippen LogP contribution in [0.25, 0.3) is 0 Å². The smallest absolute Gasteiger partial charge is 0.424 e. The van der Waals surface area contributed by atoms with Gasteiger partial charge in [0.25, 0.3) is 22.7 Å². The molecule has 3 aromatic carbocycles. The molecule has 41 heavy (non-hydrogen) atoms. The van der Waals surface area contributed by atoms with Crippen molar-refractivity contribution >= 4 is 46.3 Å². The van der Waals surface area contributed by atoms with Gasteiger partial charge in [0.15, 0.2) is 0 Å². The SMILES string of the molecule is CNc1ccccc1N(C(=O)OCc1ccc([N+](=O)[O-])cc1[N+](=O)[O-])C(=O)OCc1ccc([N+](=O)[O-])cc1[N+](=O)[O-]. The standard InChI is InChI=1S/C23H18N6O12/c1-24-18-4-2-3-5-19(18)25(22(30)40-12-14-6-8-16(26(32)33)10-20(14)28(36)37)23(31)41-13-15-7-9-17(27(34)35)11-21(15)29(38)39/h2-11,24H,12-13H2,1H3. The summed E-state index contributed by atoms with van der Waals surface area (Å²) in [5.74, 6) is 0. The molecule has 0 bridgehead atoms. The van der Waals surface area contributed by atoms with Gasteiger partial charge < -0.3 is 14.8 Å². The highest BCUT2D eigenvalue weighted by molar-refractivity contribution is 6.11. The van der Waals surface area contributed by atoms with Crippen molar-refractivity contribution in [1.29, 1.82) is 0 Å². The minimum absolute atomic E-state index is 0.0820. The van der Waals surface area contributed by atoms with Gasteiger partial charge >= 0.3 is 12.2 Å². The Balaban J connectivity index is 1.90. The second kappa shape index (κ2) is 12.6. The number of benzene rings is 3. The normalized spacial score (nSPS) is 10.3. The minimum Gasteiger partial charge on any atom is -0.444 e. The number of imide groups is 1. The Morgan fingerprint density at radius 2 is 1.15 bits per heavy atom. The molecule has 0 saturated heterocycles. The van der Waals surface area contributed by atoms with Crippen molar-refractivity contribution in [3.05, 3.63) is 112 Å². The maximum Gasteiger partial charge on any atom is 0.424 e. The molecule has 0 aliphatic rings. The molecule has 0 atom stereocenters. The fourth-order valence-corrected chi connectivity index (χ4v) is 3.47. The molecule has 3 aromatic rings. The van der Waals surface area contributed by atoms with Crippen molar-refractivity contribution in [2.24, 2.45) is 0 Å². The highest BCUT2D eigenvalue weighted by Gasteiger charge is 2.31. The van der Waals surface area contributed by atoms with Gasteiger partial charge in [0.1, 0.15) is 13.2 Å². The van der Waals surface area contributed by atoms with Crippen molar-refractivity contribution in [1.82, 2.24) is 0 Å². The number of nitrogens with one attached hydrogen (secondary N) is 1. The molecule has 18 heteroatoms. The van der Waals surface area contributed by atoms with E-state index in [2.05, 4.69) is 5.32 Å². The van der Waals surface area contributed by atoms with Crippen molar-refractivity contribution in [3.63, 3.8) is 0 Å². The Morgan fingerprint density at radius 1 is 0.707 bits per heavy atom. The van der Waals surface area contributed by atoms with Crippen LogP contribution in [-0.2, 0) is 22.7 Å². The van der Waals surface area contributed by atoms with Crippen molar-refractivity contribution in [2.45, 2.75) is 13.2 Å². The quantitative estimate of drug-likeness (QED) is 0.254. The van der Waals surface area contributed by atoms with E-state index < -0.39 is 67.8 Å². The third-order valence-corrected chi connectivity index (χ3v) is 5.43. The molecule has 18 nitrogen and oxygen atoms in total. The lowest BCUT2D eigenvalue weighted by molar-refractivity contribution is -0.395. The molecule has 1 N–H and O–H groups in total. The van der Waals surface area contributed by atoms with Crippen LogP contribution in [0.3, 0.4) is 0 Å². The molecule has 0 saturated carbocycles. The summed E-state index contributed by atoms with van der Waals surface area (Å²) >= 11 is 0. The summed E-state index contributed by atoms with van der Waals surface area (Å²) in [6.07, 6.45) is -2.74. The number of non-ortho nitro benzene ring substituents is 2. The molecule has 2 amide bonds. The number of amides is 2. The van der Waals surface area contributed by atoms with Crippen LogP contribution in [0, 0.1) is 40.5 Å². The first-order valence-electron chi connectivity index (χ1n) is 11.2. The molecule has 0 unspecified atom stereocenters. The third kappa shape index (κ3) is 6.82. The fourth-order valence-electron chi connectivity index (χ4n) is 3.47. The summed E-state index contributed by atoms with van der Waals surface area (Å²) in [5, 5.41) is 47.5. The predicted octanol–water partition coefficient (Wildman–Crippen LogP) is 4.84. The maximum atomic E-state index is 13.1. The van der Waals surface area contributed by atoms with Gasteiger partial charge in [-0.05, 0) is 24.3 Å². The zero-order valence-corrected chi connectivity index (χ0v) is 20.8. The number of hydrogen-bond acceptors (Lipinski definition) is 13. The second-order valence-electron chi connectivity index (χ2n) is 7.87. The average Bonchev–Trinajstić information content (AvgIpc) is 2.94. The Bertz CT molecular complexity index is 1470. The molecule has 0 spiro atoms. The number of anilines is 2. The molecule has 0 heterocycles. The molecule has 0 aromatic heterocycles. The number of carbonyl (C=O) groups is 2. The Labute approximate surface area is 228 Å². The van der Waals surface area contributed by atoms with Crippen molar-refractivity contribution in [3.8, 4) is 0 Å². The lowest BCUT2D eigenvalue weighted by Crippen LogP contribution is -2.38. The van der Waals surface area contributed by atoms with Gasteiger partial charge in [-0.1, -0.05) is 12.1 Å². The number of nitro groups is 4. The number of para-hydroxylation sites is 2. The number of carbonyl (C=O) groups excluding carboxylic acids is 2. The van der Waals surface area contributed by atoms with Crippen LogP contribution in [0.1, 0.15) is 11.1 Å². The topological polar surface area (TPSA) is 240 Å². The molecule has 0 aliphatic carbocycles. The van der Waals surface area contributed by atoms with E-state index in [0.29, 0.717) is 17.0 Å². The predicted molar refractivity (Wildman–Crippen MR) is 138 cm³/mol. The molecular formula is C23H18N6O12. The van der Waals surface area contributed by atoms with Gasteiger partial charge in [-0.25, -0.2) is 9.59 Å². The van der Waals surface area contributed by atoms with Crippen LogP contribution < -0.4 is 10.2 Å². The van der Waals surface area contributed by atoms with E-state index in [1.807, 2.05) is 0 Å². The largest absolute Gasteiger partial charge is 0.444 e. The number of nitro benzene ring substituents is 4. The summed E-state index contributed by atoms with van der Waals surface area (Å²) in [6.45, 7) is -1.54. The number of rotatable bonds is 10. The van der Waals surface area contributed by atoms with Gasteiger partial charge in [-0.3, -0.25) is 40.5 Å². The summed E-state index contributed by atoms with van der Waals surface area (Å²) in [5.41, 5.74) is -2.83. The average molecular weight is 570 g/mol. The van der Waals surface area contributed by atoms with Gasteiger partial charge in [0.05, 0.1) is 54.3 Å². The lowest BCUT2D eigenvalue weighted by Gasteiger charge is -2.22. The maximum absolute atomic E-state index is 13.1. The monoisotopic (exact) mass is 570 g/mol. The first-order valence-corrected chi connectivity index (χ1v) is 11.2. The first-order chi connectivity index (χ1) is 19.4. The van der Waals surface area contributed by atoms with E-state index in [4.69, 9.17) is 9.47 Å². The number of ether oxygens (including phenoxy) is 2. The summed E-state index contributed by atoms with van der Waals surface area (Å²) < 4.78 is 10.2. The van der Waals surface area contributed by atoms with Gasteiger partial charge in [-0.15, -0.1) is 0 Å². The number of nitrogens with zero attached hydrogens (tertiary/aromatic N) is 5. The highest BCUT2D eigenvalue weighted by atomic mass is 16.6. The number of hydrogen-bond donors (Lipinski definition) is 1. The van der Waals surface area contributed by atoms with Gasteiger partial charge in [-0.2, -0.15) is 4.90 Å². The Hall–Kier alpha value is -6.20. The zero-order chi connectivity index (χ0) is 30.3. The van der Waals surface area contributed by atoms with E-state index in [-0.39, 0.29) is 22.5 Å². The van der Waals surface area contributed by atoms with Crippen LogP contribution in [0.2, 0.25) is 0 Å². The molecule has 212 valence electrons. The van der Waals surface area contributed by atoms with Crippen molar-refractivity contribution < 1.29 is 38.8 Å². The van der Waals surface area contributed by atoms with E-state index in [0.717, 1.165) is 24.3 Å². The second-order valence-corrected chi connectivity index (χ2v) is 7.87. The van der Waals surface area contributed by atoms with Crippen LogP contribution in [0.4, 0.5) is 43.7 Å². The van der Waals surface area contributed by atoms with Crippen LogP contribution >= 0.6 is 0 Å². The lowest BCUT2D eigenvalue weighted by atomic mass is 10.1. The zero-order valence-electron chi connectivity index (χ0n) is 20.8. The highest BCUT2D eigenvalue weighted by Crippen LogP contribution is 2.30. The minimum atomic E-state index is -1.37. The molecule has 0 fully saturated rings. The molecular weight excluding hydrogens is 552 g/mol. The van der Waals surface area contributed by atoms with Crippen LogP contribution in [0.15, 0.2) is 60.7 Å². The fraction of sp³-hybridized carbons (Fsp3) is 0.130. The van der Waals surface area contributed by atoms with E-state index in [9.17, 15) is 50.0 Å². The Morgan fingerprint density at radius 3 is 1.54 bits per heavy atom. The molecule has 0 aliphatic heterocycles. The summed E-state index contributed by atoms with van der Waals surface area (Å²) in [7, 11) is 1.48. The van der Waals surface area contributed by atoms with Gasteiger partial charge in [0.2, 0.25) is 0 Å². The van der Waals surface area contributed by atoms with Crippen molar-refractivity contribution in [2.75, 3.05) is 17.3 Å². The molecule has 0 radical (unpaired) electrons. The van der Waals surface area contributed by atoms with E-state index in [1.54, 1.807) is 6.07 Å². The summed E-state index contributed by atoms with van der Waals surface area (Å²) in [6, 6.07) is 11.2. The summed E-state index contributed by atoms with van der Waals surface area (Å²) in [4.78, 5) is 67.9.